The second kappa shape index (κ2) is 9.35. The smallest absolute Gasteiger partial charge is 0.233 e. The summed E-state index contributed by atoms with van der Waals surface area (Å²) < 4.78 is 26.0. The third kappa shape index (κ3) is 4.76. The van der Waals surface area contributed by atoms with Gasteiger partial charge in [-0.05, 0) is 24.8 Å². The van der Waals surface area contributed by atoms with Crippen LogP contribution in [0.3, 0.4) is 0 Å². The van der Waals surface area contributed by atoms with Gasteiger partial charge in [-0.15, -0.1) is 10.2 Å². The van der Waals surface area contributed by atoms with E-state index in [-0.39, 0.29) is 35.1 Å². The van der Waals surface area contributed by atoms with Gasteiger partial charge in [-0.25, -0.2) is 13.4 Å². The molecule has 1 atom stereocenters. The molecule has 0 aliphatic carbocycles. The van der Waals surface area contributed by atoms with Gasteiger partial charge in [0.2, 0.25) is 11.1 Å². The van der Waals surface area contributed by atoms with Crippen molar-refractivity contribution in [2.45, 2.75) is 51.4 Å². The van der Waals surface area contributed by atoms with Gasteiger partial charge in [0, 0.05) is 24.5 Å². The standard InChI is InChI=1S/C22H29N5O3S2/c1-4-10-26-18-8-6-5-7-17(18)20-21(26)23-22(25-24-20)31-13-19(28)27(12-15(2)3)16-9-11-32(29,30)14-16/h5-8,15-16H,4,9-14H2,1-3H3. The summed E-state index contributed by atoms with van der Waals surface area (Å²) in [6.07, 6.45) is 1.47. The first-order valence-electron chi connectivity index (χ1n) is 11.0. The highest BCUT2D eigenvalue weighted by atomic mass is 32.2. The molecule has 1 fully saturated rings. The Morgan fingerprint density at radius 1 is 1.28 bits per heavy atom. The van der Waals surface area contributed by atoms with Crippen molar-refractivity contribution in [1.82, 2.24) is 24.6 Å². The van der Waals surface area contributed by atoms with Crippen LogP contribution in [0.5, 0.6) is 0 Å². The lowest BCUT2D eigenvalue weighted by molar-refractivity contribution is -0.130. The molecular formula is C22H29N5O3S2. The van der Waals surface area contributed by atoms with Crippen molar-refractivity contribution in [1.29, 1.82) is 0 Å². The highest BCUT2D eigenvalue weighted by molar-refractivity contribution is 7.99. The third-order valence-corrected chi connectivity index (χ3v) is 8.23. The van der Waals surface area contributed by atoms with Gasteiger partial charge in [0.05, 0.1) is 22.8 Å². The molecule has 0 saturated carbocycles. The Hall–Kier alpha value is -2.20. The van der Waals surface area contributed by atoms with E-state index in [1.807, 2.05) is 32.0 Å². The van der Waals surface area contributed by atoms with E-state index in [4.69, 9.17) is 4.98 Å². The maximum Gasteiger partial charge on any atom is 0.233 e. The quantitative estimate of drug-likeness (QED) is 0.462. The van der Waals surface area contributed by atoms with Crippen LogP contribution in [0.4, 0.5) is 0 Å². The van der Waals surface area contributed by atoms with Crippen LogP contribution in [0.25, 0.3) is 22.1 Å². The molecule has 3 heterocycles. The Balaban J connectivity index is 1.55. The van der Waals surface area contributed by atoms with E-state index < -0.39 is 9.84 Å². The molecular weight excluding hydrogens is 446 g/mol. The lowest BCUT2D eigenvalue weighted by Crippen LogP contribution is -2.44. The Labute approximate surface area is 192 Å². The summed E-state index contributed by atoms with van der Waals surface area (Å²) in [5.41, 5.74) is 2.62. The van der Waals surface area contributed by atoms with Crippen LogP contribution < -0.4 is 0 Å². The summed E-state index contributed by atoms with van der Waals surface area (Å²) in [6, 6.07) is 7.82. The summed E-state index contributed by atoms with van der Waals surface area (Å²) in [5.74, 6) is 0.537. The maximum atomic E-state index is 13.1. The van der Waals surface area contributed by atoms with Gasteiger partial charge in [-0.1, -0.05) is 50.7 Å². The highest BCUT2D eigenvalue weighted by Crippen LogP contribution is 2.28. The Morgan fingerprint density at radius 2 is 2.06 bits per heavy atom. The molecule has 3 aromatic rings. The van der Waals surface area contributed by atoms with E-state index in [1.165, 1.54) is 11.8 Å². The van der Waals surface area contributed by atoms with Gasteiger partial charge in [0.25, 0.3) is 0 Å². The third-order valence-electron chi connectivity index (χ3n) is 5.66. The molecule has 1 saturated heterocycles. The van der Waals surface area contributed by atoms with Crippen molar-refractivity contribution < 1.29 is 13.2 Å². The van der Waals surface area contributed by atoms with Gasteiger partial charge >= 0.3 is 0 Å². The summed E-state index contributed by atoms with van der Waals surface area (Å²) in [5, 5.41) is 10.2. The zero-order valence-corrected chi connectivity index (χ0v) is 20.3. The Bertz CT molecular complexity index is 1240. The lowest BCUT2D eigenvalue weighted by atomic mass is 10.1. The molecule has 0 N–H and O–H groups in total. The van der Waals surface area contributed by atoms with Crippen molar-refractivity contribution in [2.75, 3.05) is 23.8 Å². The maximum absolute atomic E-state index is 13.1. The van der Waals surface area contributed by atoms with Crippen LogP contribution in [0.2, 0.25) is 0 Å². The molecule has 0 bridgehead atoms. The van der Waals surface area contributed by atoms with Crippen LogP contribution >= 0.6 is 11.8 Å². The van der Waals surface area contributed by atoms with Gasteiger partial charge < -0.3 is 9.47 Å². The fourth-order valence-corrected chi connectivity index (χ4v) is 6.68. The number of para-hydroxylation sites is 1. The average molecular weight is 476 g/mol. The first-order valence-corrected chi connectivity index (χ1v) is 13.8. The number of carbonyl (C=O) groups is 1. The number of hydrogen-bond acceptors (Lipinski definition) is 7. The molecule has 1 aliphatic rings. The number of carbonyl (C=O) groups excluding carboxylic acids is 1. The van der Waals surface area contributed by atoms with Gasteiger partial charge in [-0.2, -0.15) is 0 Å². The predicted octanol–water partition coefficient (Wildman–Crippen LogP) is 3.15. The minimum atomic E-state index is -3.06. The number of sulfone groups is 1. The largest absolute Gasteiger partial charge is 0.338 e. The summed E-state index contributed by atoms with van der Waals surface area (Å²) in [4.78, 5) is 19.5. The number of rotatable bonds is 8. The first kappa shape index (κ1) is 23.0. The molecule has 1 aliphatic heterocycles. The van der Waals surface area contributed by atoms with E-state index in [9.17, 15) is 13.2 Å². The Kier molecular flexibility index (Phi) is 6.71. The number of nitrogens with zero attached hydrogens (tertiary/aromatic N) is 5. The van der Waals surface area contributed by atoms with E-state index in [2.05, 4.69) is 27.8 Å². The fraction of sp³-hybridized carbons (Fsp3) is 0.545. The first-order chi connectivity index (χ1) is 15.3. The topological polar surface area (TPSA) is 98.0 Å². The summed E-state index contributed by atoms with van der Waals surface area (Å²) in [6.45, 7) is 7.55. The van der Waals surface area contributed by atoms with Crippen LogP contribution in [0.1, 0.15) is 33.6 Å². The number of aryl methyl sites for hydroxylation is 1. The predicted molar refractivity (Wildman–Crippen MR) is 127 cm³/mol. The van der Waals surface area contributed by atoms with Gasteiger partial charge in [0.15, 0.2) is 15.5 Å². The molecule has 10 heteroatoms. The minimum absolute atomic E-state index is 0.0528. The SMILES string of the molecule is CCCn1c2ccccc2c2nnc(SCC(=O)N(CC(C)C)C3CCS(=O)(=O)C3)nc21. The van der Waals surface area contributed by atoms with Crippen molar-refractivity contribution in [2.24, 2.45) is 5.92 Å². The van der Waals surface area contributed by atoms with Crippen LogP contribution in [-0.2, 0) is 21.2 Å². The number of thioether (sulfide) groups is 1. The Morgan fingerprint density at radius 3 is 2.75 bits per heavy atom. The highest BCUT2D eigenvalue weighted by Gasteiger charge is 2.34. The van der Waals surface area contributed by atoms with Crippen molar-refractivity contribution in [3.05, 3.63) is 24.3 Å². The van der Waals surface area contributed by atoms with E-state index >= 15 is 0 Å². The van der Waals surface area contributed by atoms with Crippen molar-refractivity contribution in [3.63, 3.8) is 0 Å². The number of benzene rings is 1. The minimum Gasteiger partial charge on any atom is -0.338 e. The zero-order valence-electron chi connectivity index (χ0n) is 18.7. The molecule has 172 valence electrons. The molecule has 32 heavy (non-hydrogen) atoms. The summed E-state index contributed by atoms with van der Waals surface area (Å²) >= 11 is 1.26. The fourth-order valence-electron chi connectivity index (χ4n) is 4.28. The van der Waals surface area contributed by atoms with Crippen molar-refractivity contribution in [3.8, 4) is 0 Å². The van der Waals surface area contributed by atoms with Gasteiger partial charge in [-0.3, -0.25) is 4.79 Å². The van der Waals surface area contributed by atoms with Crippen LogP contribution in [-0.4, -0.2) is 68.8 Å². The number of aromatic nitrogens is 4. The van der Waals surface area contributed by atoms with Crippen molar-refractivity contribution >= 4 is 49.6 Å². The average Bonchev–Trinajstić information content (AvgIpc) is 3.27. The molecule has 2 aromatic heterocycles. The van der Waals surface area contributed by atoms with E-state index in [1.54, 1.807) is 4.90 Å². The summed E-state index contributed by atoms with van der Waals surface area (Å²) in [7, 11) is -3.06. The monoisotopic (exact) mass is 475 g/mol. The number of hydrogen-bond donors (Lipinski definition) is 0. The molecule has 1 unspecified atom stereocenters. The lowest BCUT2D eigenvalue weighted by Gasteiger charge is -2.29. The van der Waals surface area contributed by atoms with E-state index in [0.29, 0.717) is 18.1 Å². The van der Waals surface area contributed by atoms with E-state index in [0.717, 1.165) is 35.0 Å². The molecule has 0 spiro atoms. The molecule has 4 rings (SSSR count). The van der Waals surface area contributed by atoms with Gasteiger partial charge in [0.1, 0.15) is 5.52 Å². The number of fused-ring (bicyclic) bond motifs is 3. The second-order valence-electron chi connectivity index (χ2n) is 8.72. The molecule has 8 nitrogen and oxygen atoms in total. The normalized spacial score (nSPS) is 18.1. The molecule has 1 aromatic carbocycles. The second-order valence-corrected chi connectivity index (χ2v) is 11.9. The molecule has 1 amide bonds. The van der Waals surface area contributed by atoms with Crippen LogP contribution in [0.15, 0.2) is 29.4 Å². The van der Waals surface area contributed by atoms with Crippen LogP contribution in [0, 0.1) is 5.92 Å². The molecule has 0 radical (unpaired) electrons. The zero-order chi connectivity index (χ0) is 22.9. The number of amides is 1.